The number of rotatable bonds is 8. The first-order chi connectivity index (χ1) is 24.6. The van der Waals surface area contributed by atoms with Gasteiger partial charge in [0.25, 0.3) is 5.91 Å². The van der Waals surface area contributed by atoms with Gasteiger partial charge in [-0.1, -0.05) is 51.9 Å². The number of H-pyrrole nitrogens is 1. The Bertz CT molecular complexity index is 1710. The molecular weight excluding hydrogens is 699 g/mol. The summed E-state index contributed by atoms with van der Waals surface area (Å²) in [5.74, 6) is -2.31. The van der Waals surface area contributed by atoms with Gasteiger partial charge in [-0.3, -0.25) is 28.9 Å². The van der Waals surface area contributed by atoms with Crippen molar-refractivity contribution in [3.8, 4) is 5.75 Å². The lowest BCUT2D eigenvalue weighted by Crippen LogP contribution is -2.74. The molecule has 9 N–H and O–H groups in total. The molecule has 0 spiro atoms. The predicted molar refractivity (Wildman–Crippen MR) is 194 cm³/mol. The summed E-state index contributed by atoms with van der Waals surface area (Å²) in [6.07, 6.45) is 1.45. The quantitative estimate of drug-likeness (QED) is 0.0679. The van der Waals surface area contributed by atoms with Crippen LogP contribution >= 0.6 is 21.6 Å². The molecule has 3 aliphatic heterocycles. The van der Waals surface area contributed by atoms with Crippen molar-refractivity contribution in [2.45, 2.75) is 62.5 Å². The van der Waals surface area contributed by atoms with Gasteiger partial charge in [0.05, 0.1) is 24.9 Å². The van der Waals surface area contributed by atoms with Gasteiger partial charge in [-0.15, -0.1) is 0 Å². The molecule has 4 heterocycles. The molecule has 5 amide bonds. The molecule has 6 rings (SSSR count). The van der Waals surface area contributed by atoms with Gasteiger partial charge in [0.1, 0.15) is 17.8 Å². The lowest BCUT2D eigenvalue weighted by atomic mass is 9.99. The number of unbranched alkanes of at least 4 members (excludes halogenated alkanes) is 1. The van der Waals surface area contributed by atoms with Crippen LogP contribution in [0, 0.1) is 0 Å². The van der Waals surface area contributed by atoms with E-state index in [9.17, 15) is 39.3 Å². The molecule has 3 fully saturated rings. The van der Waals surface area contributed by atoms with E-state index in [0.717, 1.165) is 4.90 Å². The van der Waals surface area contributed by atoms with Crippen molar-refractivity contribution in [2.24, 2.45) is 5.73 Å². The van der Waals surface area contributed by atoms with Crippen molar-refractivity contribution in [2.75, 3.05) is 36.1 Å². The molecule has 2 bridgehead atoms. The number of phenolic OH excluding ortho intramolecular Hbond substituents is 1. The topological polar surface area (TPSA) is 230 Å². The monoisotopic (exact) mass is 741 g/mol. The average Bonchev–Trinajstić information content (AvgIpc) is 3.55. The van der Waals surface area contributed by atoms with Crippen molar-refractivity contribution < 1.29 is 39.3 Å². The number of phenols is 1. The van der Waals surface area contributed by atoms with Crippen LogP contribution in [-0.2, 0) is 30.4 Å². The first-order valence-electron chi connectivity index (χ1n) is 16.7. The number of carbonyl (C=O) groups is 5. The maximum atomic E-state index is 14.3. The van der Waals surface area contributed by atoms with Gasteiger partial charge in [-0.25, -0.2) is 0 Å². The molecule has 17 heteroatoms. The maximum absolute atomic E-state index is 14.3. The van der Waals surface area contributed by atoms with E-state index in [2.05, 4.69) is 20.9 Å². The molecule has 0 unspecified atom stereocenters. The Morgan fingerprint density at radius 2 is 1.71 bits per heavy atom. The molecule has 5 atom stereocenters. The van der Waals surface area contributed by atoms with Crippen LogP contribution < -0.4 is 26.6 Å². The van der Waals surface area contributed by atoms with Gasteiger partial charge in [-0.05, 0) is 49.6 Å². The number of benzene rings is 2. The highest BCUT2D eigenvalue weighted by Gasteiger charge is 2.51. The summed E-state index contributed by atoms with van der Waals surface area (Å²) in [7, 11) is 2.64. The molecular formula is C34H43N7O8S2. The first kappa shape index (κ1) is 38.0. The van der Waals surface area contributed by atoms with Crippen LogP contribution in [0.25, 0.3) is 10.9 Å². The Morgan fingerprint density at radius 3 is 2.43 bits per heavy atom. The third-order valence-electron chi connectivity index (χ3n) is 8.85. The summed E-state index contributed by atoms with van der Waals surface area (Å²) in [6.45, 7) is -0.631. The number of aliphatic hydroxyl groups is 2. The van der Waals surface area contributed by atoms with E-state index in [1.165, 1.54) is 38.6 Å². The molecule has 51 heavy (non-hydrogen) atoms. The van der Waals surface area contributed by atoms with Crippen LogP contribution in [0.5, 0.6) is 5.75 Å². The molecule has 0 radical (unpaired) electrons. The zero-order chi connectivity index (χ0) is 36.5. The SMILES string of the molecule is NCCCC[C@H]1C(=O)N[C@@H]2C(=O)N([C@H](CO)CSSCCC(=O)N[C@@H](Cc3ccc(O)cc3)C(=O)NCC(=O)N1c1c[nH]c3ccccc13)[C@H]2O. The summed E-state index contributed by atoms with van der Waals surface area (Å²) in [4.78, 5) is 73.8. The minimum Gasteiger partial charge on any atom is -0.508 e. The number of nitrogens with two attached hydrogens (primary N) is 1. The number of amides is 5. The molecule has 2 aromatic carbocycles. The number of carbonyl (C=O) groups excluding carboxylic acids is 5. The second kappa shape index (κ2) is 17.8. The third-order valence-corrected chi connectivity index (χ3v) is 11.3. The number of aromatic nitrogens is 1. The number of para-hydroxylation sites is 1. The Hall–Kier alpha value is -4.29. The highest BCUT2D eigenvalue weighted by Crippen LogP contribution is 2.32. The highest BCUT2D eigenvalue weighted by molar-refractivity contribution is 8.76. The minimum absolute atomic E-state index is 0.0439. The zero-order valence-corrected chi connectivity index (χ0v) is 29.5. The summed E-state index contributed by atoms with van der Waals surface area (Å²) >= 11 is 0. The van der Waals surface area contributed by atoms with Crippen LogP contribution in [-0.4, -0.2) is 116 Å². The Kier molecular flexibility index (Phi) is 13.2. The smallest absolute Gasteiger partial charge is 0.252 e. The second-order valence-electron chi connectivity index (χ2n) is 12.3. The molecule has 1 aromatic heterocycles. The lowest BCUT2D eigenvalue weighted by molar-refractivity contribution is -0.182. The van der Waals surface area contributed by atoms with E-state index in [-0.39, 0.29) is 30.8 Å². The number of nitrogens with zero attached hydrogens (tertiary/aromatic N) is 2. The number of aliphatic hydroxyl groups excluding tert-OH is 2. The van der Waals surface area contributed by atoms with E-state index >= 15 is 0 Å². The molecule has 0 aliphatic carbocycles. The third kappa shape index (κ3) is 9.15. The number of fused-ring (bicyclic) bond motifs is 17. The number of hydrogen-bond acceptors (Lipinski definition) is 11. The number of anilines is 1. The van der Waals surface area contributed by atoms with Crippen LogP contribution in [0.3, 0.4) is 0 Å². The van der Waals surface area contributed by atoms with E-state index in [0.29, 0.717) is 47.3 Å². The summed E-state index contributed by atoms with van der Waals surface area (Å²) in [5, 5.41) is 39.4. The van der Waals surface area contributed by atoms with Crippen LogP contribution in [0.15, 0.2) is 54.7 Å². The number of aromatic amines is 1. The standard InChI is InChI=1S/C34H43N7O8S2/c35-13-4-3-7-26-32(47)39-30-33(48)40(34(30)49)21(18-42)19-51-50-14-12-28(44)38-25(15-20-8-10-22(43)11-9-20)31(46)37-17-29(45)41(26)27-16-36-24-6-2-1-5-23(24)27/h1-2,5-6,8-11,16,21,25-26,30,33,36,42-43,48H,3-4,7,12-15,17-19,35H2,(H,37,46)(H,38,44)(H,39,47)/t21-,25+,26+,30+,33+/m1/s1. The number of hydrogen-bond donors (Lipinski definition) is 8. The van der Waals surface area contributed by atoms with Crippen LogP contribution in [0.2, 0.25) is 0 Å². The number of nitrogens with one attached hydrogen (secondary N) is 4. The lowest BCUT2D eigenvalue weighted by Gasteiger charge is -2.48. The molecule has 0 saturated carbocycles. The van der Waals surface area contributed by atoms with Gasteiger partial charge < -0.3 is 46.9 Å². The number of β-lactam (4-membered cyclic amide) rings is 1. The van der Waals surface area contributed by atoms with Crippen molar-refractivity contribution in [1.29, 1.82) is 0 Å². The summed E-state index contributed by atoms with van der Waals surface area (Å²) in [6, 6.07) is 9.12. The Labute approximate surface area is 302 Å². The second-order valence-corrected chi connectivity index (χ2v) is 15.0. The highest BCUT2D eigenvalue weighted by atomic mass is 33.1. The van der Waals surface area contributed by atoms with Crippen molar-refractivity contribution in [3.05, 3.63) is 60.3 Å². The largest absolute Gasteiger partial charge is 0.508 e. The average molecular weight is 742 g/mol. The fraction of sp³-hybridized carbons (Fsp3) is 0.441. The van der Waals surface area contributed by atoms with E-state index in [4.69, 9.17) is 5.73 Å². The van der Waals surface area contributed by atoms with Crippen molar-refractivity contribution in [3.63, 3.8) is 0 Å². The normalized spacial score (nSPS) is 24.5. The summed E-state index contributed by atoms with van der Waals surface area (Å²) < 4.78 is 0. The zero-order valence-electron chi connectivity index (χ0n) is 27.8. The van der Waals surface area contributed by atoms with Crippen molar-refractivity contribution >= 4 is 67.7 Å². The van der Waals surface area contributed by atoms with Crippen LogP contribution in [0.4, 0.5) is 5.69 Å². The minimum atomic E-state index is -1.41. The Morgan fingerprint density at radius 1 is 0.941 bits per heavy atom. The fourth-order valence-corrected chi connectivity index (χ4v) is 8.39. The predicted octanol–water partition coefficient (Wildman–Crippen LogP) is 0.339. The van der Waals surface area contributed by atoms with E-state index in [1.54, 1.807) is 30.5 Å². The first-order valence-corrected chi connectivity index (χ1v) is 19.2. The molecule has 274 valence electrons. The molecule has 3 aromatic rings. The van der Waals surface area contributed by atoms with Gasteiger partial charge in [0.15, 0.2) is 12.3 Å². The van der Waals surface area contributed by atoms with Gasteiger partial charge in [0.2, 0.25) is 23.6 Å². The molecule has 3 aliphatic rings. The van der Waals surface area contributed by atoms with E-state index < -0.39 is 73.1 Å². The van der Waals surface area contributed by atoms with Crippen LogP contribution in [0.1, 0.15) is 31.2 Å². The van der Waals surface area contributed by atoms with Crippen molar-refractivity contribution in [1.82, 2.24) is 25.8 Å². The van der Waals surface area contributed by atoms with E-state index in [1.807, 2.05) is 12.1 Å². The summed E-state index contributed by atoms with van der Waals surface area (Å²) in [5.41, 5.74) is 7.49. The molecule has 15 nitrogen and oxygen atoms in total. The van der Waals surface area contributed by atoms with Gasteiger partial charge in [0, 0.05) is 41.4 Å². The maximum Gasteiger partial charge on any atom is 0.252 e. The fourth-order valence-electron chi connectivity index (χ4n) is 6.13. The van der Waals surface area contributed by atoms with Gasteiger partial charge in [-0.2, -0.15) is 0 Å². The van der Waals surface area contributed by atoms with Gasteiger partial charge >= 0.3 is 0 Å². The Balaban J connectivity index is 1.49. The number of aromatic hydroxyl groups is 1. The molecule has 3 saturated heterocycles.